The van der Waals surface area contributed by atoms with Crippen molar-refractivity contribution in [3.63, 3.8) is 0 Å². The van der Waals surface area contributed by atoms with E-state index in [-0.39, 0.29) is 5.91 Å². The number of aromatic nitrogens is 2. The van der Waals surface area contributed by atoms with Crippen LogP contribution in [0.3, 0.4) is 0 Å². The first-order valence-corrected chi connectivity index (χ1v) is 10.3. The van der Waals surface area contributed by atoms with E-state index in [0.717, 1.165) is 36.7 Å². The van der Waals surface area contributed by atoms with Gasteiger partial charge in [-0.3, -0.25) is 14.7 Å². The molecule has 3 aromatic rings. The predicted molar refractivity (Wildman–Crippen MR) is 116 cm³/mol. The molecule has 0 spiro atoms. The molecule has 0 atom stereocenters. The number of carbonyl (C=O) groups excluding carboxylic acids is 1. The Kier molecular flexibility index (Phi) is 5.69. The molecule has 0 N–H and O–H groups in total. The lowest BCUT2D eigenvalue weighted by Crippen LogP contribution is -2.48. The van der Waals surface area contributed by atoms with Crippen LogP contribution in [0.15, 0.2) is 54.9 Å². The van der Waals surface area contributed by atoms with Crippen molar-refractivity contribution in [3.05, 3.63) is 82.4 Å². The molecule has 1 saturated heterocycles. The molecule has 2 aromatic heterocycles. The van der Waals surface area contributed by atoms with Crippen LogP contribution in [-0.4, -0.2) is 51.4 Å². The van der Waals surface area contributed by atoms with E-state index in [1.807, 2.05) is 47.6 Å². The fraction of sp³-hybridized carbons (Fsp3) is 0.304. The molecule has 3 heterocycles. The van der Waals surface area contributed by atoms with Gasteiger partial charge in [-0.2, -0.15) is 0 Å². The average molecular weight is 409 g/mol. The molecule has 6 heteroatoms. The minimum absolute atomic E-state index is 0.00266. The van der Waals surface area contributed by atoms with Crippen LogP contribution in [0.5, 0.6) is 0 Å². The van der Waals surface area contributed by atoms with E-state index in [9.17, 15) is 4.79 Å². The zero-order valence-electron chi connectivity index (χ0n) is 16.8. The number of hydrogen-bond acceptors (Lipinski definition) is 3. The van der Waals surface area contributed by atoms with E-state index in [0.29, 0.717) is 23.7 Å². The second kappa shape index (κ2) is 8.39. The van der Waals surface area contributed by atoms with E-state index < -0.39 is 0 Å². The zero-order chi connectivity index (χ0) is 20.4. The van der Waals surface area contributed by atoms with Crippen molar-refractivity contribution >= 4 is 17.5 Å². The summed E-state index contributed by atoms with van der Waals surface area (Å²) in [4.78, 5) is 21.5. The SMILES string of the molecule is Cc1ccc(C)n1-c1ccc(Cl)c(C(=O)N2CCN(Cc3ccncc3)CC2)c1. The standard InChI is InChI=1S/C23H25ClN4O/c1-17-3-4-18(2)28(17)20-5-6-22(24)21(15-20)23(29)27-13-11-26(12-14-27)16-19-7-9-25-10-8-19/h3-10,15H,11-14,16H2,1-2H3. The van der Waals surface area contributed by atoms with Crippen molar-refractivity contribution in [1.29, 1.82) is 0 Å². The molecule has 1 aliphatic heterocycles. The van der Waals surface area contributed by atoms with Crippen LogP contribution >= 0.6 is 11.6 Å². The Morgan fingerprint density at radius 3 is 2.28 bits per heavy atom. The van der Waals surface area contributed by atoms with Crippen LogP contribution in [0.4, 0.5) is 0 Å². The minimum Gasteiger partial charge on any atom is -0.336 e. The molecule has 5 nitrogen and oxygen atoms in total. The first kappa shape index (κ1) is 19.7. The van der Waals surface area contributed by atoms with Gasteiger partial charge in [-0.05, 0) is 61.9 Å². The molecule has 1 fully saturated rings. The predicted octanol–water partition coefficient (Wildman–Crippen LogP) is 4.10. The van der Waals surface area contributed by atoms with E-state index >= 15 is 0 Å². The molecule has 29 heavy (non-hydrogen) atoms. The maximum absolute atomic E-state index is 13.2. The summed E-state index contributed by atoms with van der Waals surface area (Å²) >= 11 is 6.41. The van der Waals surface area contributed by atoms with Gasteiger partial charge >= 0.3 is 0 Å². The highest BCUT2D eigenvalue weighted by atomic mass is 35.5. The van der Waals surface area contributed by atoms with Crippen molar-refractivity contribution in [2.75, 3.05) is 26.2 Å². The number of pyridine rings is 1. The summed E-state index contributed by atoms with van der Waals surface area (Å²) < 4.78 is 2.14. The third-order valence-electron chi connectivity index (χ3n) is 5.52. The molecule has 0 unspecified atom stereocenters. The number of benzene rings is 1. The lowest BCUT2D eigenvalue weighted by Gasteiger charge is -2.35. The number of hydrogen-bond donors (Lipinski definition) is 0. The Balaban J connectivity index is 1.47. The lowest BCUT2D eigenvalue weighted by atomic mass is 10.1. The Labute approximate surface area is 176 Å². The molecule has 0 bridgehead atoms. The van der Waals surface area contributed by atoms with Gasteiger partial charge in [-0.15, -0.1) is 0 Å². The number of nitrogens with zero attached hydrogens (tertiary/aromatic N) is 4. The van der Waals surface area contributed by atoms with Crippen molar-refractivity contribution in [2.45, 2.75) is 20.4 Å². The summed E-state index contributed by atoms with van der Waals surface area (Å²) in [6.07, 6.45) is 3.64. The van der Waals surface area contributed by atoms with Crippen molar-refractivity contribution in [1.82, 2.24) is 19.4 Å². The van der Waals surface area contributed by atoms with Crippen LogP contribution in [0.25, 0.3) is 5.69 Å². The summed E-state index contributed by atoms with van der Waals surface area (Å²) in [5, 5.41) is 0.500. The number of halogens is 1. The van der Waals surface area contributed by atoms with Gasteiger partial charge in [-0.25, -0.2) is 0 Å². The highest BCUT2D eigenvalue weighted by Crippen LogP contribution is 2.24. The summed E-state index contributed by atoms with van der Waals surface area (Å²) in [5.74, 6) is 0.00266. The Morgan fingerprint density at radius 1 is 0.966 bits per heavy atom. The van der Waals surface area contributed by atoms with Gasteiger partial charge in [-0.1, -0.05) is 11.6 Å². The molecular weight excluding hydrogens is 384 g/mol. The number of carbonyl (C=O) groups is 1. The lowest BCUT2D eigenvalue weighted by molar-refractivity contribution is 0.0628. The molecule has 1 amide bonds. The van der Waals surface area contributed by atoms with Gasteiger partial charge in [0.2, 0.25) is 0 Å². The highest BCUT2D eigenvalue weighted by Gasteiger charge is 2.24. The van der Waals surface area contributed by atoms with Crippen LogP contribution < -0.4 is 0 Å². The number of aryl methyl sites for hydroxylation is 2. The first-order chi connectivity index (χ1) is 14.0. The maximum atomic E-state index is 13.2. The van der Waals surface area contributed by atoms with Crippen molar-refractivity contribution < 1.29 is 4.79 Å². The Hall–Kier alpha value is -2.63. The van der Waals surface area contributed by atoms with Gasteiger partial charge in [0.25, 0.3) is 5.91 Å². The third kappa shape index (κ3) is 4.21. The normalized spacial score (nSPS) is 14.9. The average Bonchev–Trinajstić information content (AvgIpc) is 3.07. The fourth-order valence-electron chi connectivity index (χ4n) is 3.92. The largest absolute Gasteiger partial charge is 0.336 e. The van der Waals surface area contributed by atoms with E-state index in [1.165, 1.54) is 5.56 Å². The second-order valence-corrected chi connectivity index (χ2v) is 7.95. The molecule has 1 aromatic carbocycles. The van der Waals surface area contributed by atoms with Crippen molar-refractivity contribution in [3.8, 4) is 5.69 Å². The monoisotopic (exact) mass is 408 g/mol. The van der Waals surface area contributed by atoms with Crippen LogP contribution in [-0.2, 0) is 6.54 Å². The highest BCUT2D eigenvalue weighted by molar-refractivity contribution is 6.33. The second-order valence-electron chi connectivity index (χ2n) is 7.54. The molecular formula is C23H25ClN4O. The molecule has 4 rings (SSSR count). The quantitative estimate of drug-likeness (QED) is 0.652. The maximum Gasteiger partial charge on any atom is 0.255 e. The van der Waals surface area contributed by atoms with Gasteiger partial charge in [0, 0.05) is 62.2 Å². The first-order valence-electron chi connectivity index (χ1n) is 9.88. The molecule has 0 radical (unpaired) electrons. The molecule has 0 aliphatic carbocycles. The number of amides is 1. The van der Waals surface area contributed by atoms with E-state index in [4.69, 9.17) is 11.6 Å². The van der Waals surface area contributed by atoms with Gasteiger partial charge in [0.15, 0.2) is 0 Å². The molecule has 1 aliphatic rings. The van der Waals surface area contributed by atoms with Gasteiger partial charge in [0.05, 0.1) is 10.6 Å². The van der Waals surface area contributed by atoms with Gasteiger partial charge < -0.3 is 9.47 Å². The topological polar surface area (TPSA) is 41.4 Å². The third-order valence-corrected chi connectivity index (χ3v) is 5.85. The van der Waals surface area contributed by atoms with E-state index in [1.54, 1.807) is 0 Å². The van der Waals surface area contributed by atoms with Crippen LogP contribution in [0.1, 0.15) is 27.3 Å². The fourth-order valence-corrected chi connectivity index (χ4v) is 4.12. The number of piperazine rings is 1. The molecule has 150 valence electrons. The van der Waals surface area contributed by atoms with E-state index in [2.05, 4.69) is 40.4 Å². The van der Waals surface area contributed by atoms with Crippen LogP contribution in [0, 0.1) is 13.8 Å². The van der Waals surface area contributed by atoms with Gasteiger partial charge in [0.1, 0.15) is 0 Å². The molecule has 0 saturated carbocycles. The van der Waals surface area contributed by atoms with Crippen molar-refractivity contribution in [2.24, 2.45) is 0 Å². The zero-order valence-corrected chi connectivity index (χ0v) is 17.6. The summed E-state index contributed by atoms with van der Waals surface area (Å²) in [6.45, 7) is 8.10. The summed E-state index contributed by atoms with van der Waals surface area (Å²) in [5.41, 5.74) is 5.04. The Morgan fingerprint density at radius 2 is 1.62 bits per heavy atom. The number of rotatable bonds is 4. The van der Waals surface area contributed by atoms with Crippen LogP contribution in [0.2, 0.25) is 5.02 Å². The summed E-state index contributed by atoms with van der Waals surface area (Å²) in [6, 6.07) is 13.9. The minimum atomic E-state index is 0.00266. The Bertz CT molecular complexity index is 987. The smallest absolute Gasteiger partial charge is 0.255 e. The summed E-state index contributed by atoms with van der Waals surface area (Å²) in [7, 11) is 0.